The lowest BCUT2D eigenvalue weighted by Gasteiger charge is -2.50. The highest BCUT2D eigenvalue weighted by molar-refractivity contribution is 5.15. The molecule has 3 heterocycles. The molecule has 1 aromatic carbocycles. The van der Waals surface area contributed by atoms with Crippen molar-refractivity contribution in [3.8, 4) is 0 Å². The topological polar surface area (TPSA) is 15.3 Å². The highest BCUT2D eigenvalue weighted by Crippen LogP contribution is 2.37. The first-order valence-corrected chi connectivity index (χ1v) is 7.95. The van der Waals surface area contributed by atoms with Crippen LogP contribution < -0.4 is 5.32 Å². The van der Waals surface area contributed by atoms with Crippen LogP contribution in [0.1, 0.15) is 31.7 Å². The van der Waals surface area contributed by atoms with Gasteiger partial charge in [0, 0.05) is 25.7 Å². The summed E-state index contributed by atoms with van der Waals surface area (Å²) in [5.41, 5.74) is 1.16. The van der Waals surface area contributed by atoms with E-state index in [1.807, 2.05) is 12.1 Å². The van der Waals surface area contributed by atoms with Gasteiger partial charge in [-0.2, -0.15) is 0 Å². The third-order valence-corrected chi connectivity index (χ3v) is 5.16. The maximum Gasteiger partial charge on any atom is 0.123 e. The Bertz CT molecular complexity index is 431. The van der Waals surface area contributed by atoms with Crippen molar-refractivity contribution in [2.45, 2.75) is 38.8 Å². The summed E-state index contributed by atoms with van der Waals surface area (Å²) in [5.74, 6) is 1.72. The summed E-state index contributed by atoms with van der Waals surface area (Å²) in [6, 6.07) is 7.51. The molecule has 4 rings (SSSR count). The van der Waals surface area contributed by atoms with Gasteiger partial charge in [0.2, 0.25) is 0 Å². The van der Waals surface area contributed by atoms with Crippen molar-refractivity contribution >= 4 is 0 Å². The first kappa shape index (κ1) is 14.0. The number of hydrogen-bond acceptors (Lipinski definition) is 2. The number of nitrogens with one attached hydrogen (secondary N) is 1. The first-order valence-electron chi connectivity index (χ1n) is 7.95. The quantitative estimate of drug-likeness (QED) is 0.889. The molecule has 110 valence electrons. The van der Waals surface area contributed by atoms with Gasteiger partial charge in [-0.15, -0.1) is 0 Å². The smallest absolute Gasteiger partial charge is 0.123 e. The number of fused-ring (bicyclic) bond motifs is 3. The fraction of sp³-hybridized carbons (Fsp3) is 0.647. The average molecular weight is 276 g/mol. The van der Waals surface area contributed by atoms with Crippen LogP contribution in [0, 0.1) is 17.7 Å². The van der Waals surface area contributed by atoms with E-state index in [4.69, 9.17) is 0 Å². The van der Waals surface area contributed by atoms with Crippen molar-refractivity contribution in [3.63, 3.8) is 0 Å². The van der Waals surface area contributed by atoms with Gasteiger partial charge in [-0.05, 0) is 48.9 Å². The van der Waals surface area contributed by atoms with Gasteiger partial charge < -0.3 is 5.32 Å². The van der Waals surface area contributed by atoms with Gasteiger partial charge in [0.1, 0.15) is 5.82 Å². The summed E-state index contributed by atoms with van der Waals surface area (Å²) in [7, 11) is 0. The van der Waals surface area contributed by atoms with Crippen LogP contribution >= 0.6 is 0 Å². The van der Waals surface area contributed by atoms with E-state index in [-0.39, 0.29) is 5.82 Å². The van der Waals surface area contributed by atoms with Crippen molar-refractivity contribution in [3.05, 3.63) is 35.6 Å². The lowest BCUT2D eigenvalue weighted by Crippen LogP contribution is -2.56. The second-order valence-electron chi connectivity index (χ2n) is 6.36. The van der Waals surface area contributed by atoms with Crippen LogP contribution in [0.3, 0.4) is 0 Å². The number of hydrogen-bond donors (Lipinski definition) is 1. The minimum atomic E-state index is -0.157. The Labute approximate surface area is 121 Å². The monoisotopic (exact) mass is 276 g/mol. The van der Waals surface area contributed by atoms with Crippen molar-refractivity contribution in [1.29, 1.82) is 0 Å². The summed E-state index contributed by atoms with van der Waals surface area (Å²) < 4.78 is 12.8. The standard InChI is InChI=1S/C17H25FN2/c1-2-14-12-20-8-7-15(14)9-17(20)11-19-10-13-3-5-16(18)6-4-13/h3-6,14-15,17,19H,2,7-12H2,1H3/t14-,15+,17-/m1/s1. The maximum atomic E-state index is 12.8. The lowest BCUT2D eigenvalue weighted by atomic mass is 9.74. The Hall–Kier alpha value is -0.930. The Kier molecular flexibility index (Phi) is 4.37. The Morgan fingerprint density at radius 1 is 1.30 bits per heavy atom. The molecule has 3 saturated heterocycles. The zero-order chi connectivity index (χ0) is 13.9. The molecule has 2 bridgehead atoms. The largest absolute Gasteiger partial charge is 0.311 e. The van der Waals surface area contributed by atoms with Crippen molar-refractivity contribution < 1.29 is 4.39 Å². The Morgan fingerprint density at radius 3 is 2.75 bits per heavy atom. The molecular formula is C17H25FN2. The van der Waals surface area contributed by atoms with Gasteiger partial charge in [0.05, 0.1) is 0 Å². The Morgan fingerprint density at radius 2 is 2.10 bits per heavy atom. The molecule has 1 aromatic rings. The molecule has 3 aliphatic heterocycles. The van der Waals surface area contributed by atoms with E-state index < -0.39 is 0 Å². The third kappa shape index (κ3) is 3.04. The Balaban J connectivity index is 1.47. The normalized spacial score (nSPS) is 32.5. The molecule has 20 heavy (non-hydrogen) atoms. The van der Waals surface area contributed by atoms with E-state index in [0.29, 0.717) is 6.04 Å². The van der Waals surface area contributed by atoms with Gasteiger partial charge >= 0.3 is 0 Å². The van der Waals surface area contributed by atoms with E-state index in [1.165, 1.54) is 44.5 Å². The predicted octanol–water partition coefficient (Wildman–Crippen LogP) is 3.04. The van der Waals surface area contributed by atoms with Crippen LogP contribution in [0.5, 0.6) is 0 Å². The van der Waals surface area contributed by atoms with Crippen molar-refractivity contribution in [2.75, 3.05) is 19.6 Å². The molecule has 0 radical (unpaired) electrons. The van der Waals surface area contributed by atoms with Gasteiger partial charge in [-0.25, -0.2) is 4.39 Å². The average Bonchev–Trinajstić information content (AvgIpc) is 2.50. The van der Waals surface area contributed by atoms with Crippen LogP contribution in [0.25, 0.3) is 0 Å². The number of piperidine rings is 3. The molecule has 1 N–H and O–H groups in total. The van der Waals surface area contributed by atoms with Gasteiger partial charge in [-0.3, -0.25) is 4.90 Å². The summed E-state index contributed by atoms with van der Waals surface area (Å²) in [6.07, 6.45) is 4.08. The summed E-state index contributed by atoms with van der Waals surface area (Å²) in [4.78, 5) is 2.67. The van der Waals surface area contributed by atoms with E-state index >= 15 is 0 Å². The number of nitrogens with zero attached hydrogens (tertiary/aromatic N) is 1. The zero-order valence-corrected chi connectivity index (χ0v) is 12.3. The van der Waals surface area contributed by atoms with Gasteiger partial charge in [0.15, 0.2) is 0 Å². The molecule has 3 fully saturated rings. The maximum absolute atomic E-state index is 12.8. The molecule has 0 aromatic heterocycles. The summed E-state index contributed by atoms with van der Waals surface area (Å²) >= 11 is 0. The fourth-order valence-corrected chi connectivity index (χ4v) is 3.91. The van der Waals surface area contributed by atoms with Crippen LogP contribution in [-0.2, 0) is 6.54 Å². The molecule has 0 saturated carbocycles. The second kappa shape index (κ2) is 6.23. The van der Waals surface area contributed by atoms with Gasteiger partial charge in [0.25, 0.3) is 0 Å². The third-order valence-electron chi connectivity index (χ3n) is 5.16. The van der Waals surface area contributed by atoms with Crippen molar-refractivity contribution in [2.24, 2.45) is 11.8 Å². The van der Waals surface area contributed by atoms with Crippen molar-refractivity contribution in [1.82, 2.24) is 10.2 Å². The van der Waals surface area contributed by atoms with E-state index in [2.05, 4.69) is 17.1 Å². The zero-order valence-electron chi connectivity index (χ0n) is 12.3. The molecule has 3 aliphatic rings. The van der Waals surface area contributed by atoms with E-state index in [1.54, 1.807) is 0 Å². The number of benzene rings is 1. The molecule has 4 atom stereocenters. The molecule has 0 amide bonds. The molecule has 0 aliphatic carbocycles. The molecule has 1 unspecified atom stereocenters. The fourth-order valence-electron chi connectivity index (χ4n) is 3.91. The van der Waals surface area contributed by atoms with Crippen LogP contribution in [0.4, 0.5) is 4.39 Å². The minimum absolute atomic E-state index is 0.157. The number of halogens is 1. The summed E-state index contributed by atoms with van der Waals surface area (Å²) in [6.45, 7) is 6.80. The number of rotatable bonds is 5. The van der Waals surface area contributed by atoms with Crippen LogP contribution in [0.2, 0.25) is 0 Å². The van der Waals surface area contributed by atoms with Crippen LogP contribution in [-0.4, -0.2) is 30.6 Å². The highest BCUT2D eigenvalue weighted by Gasteiger charge is 2.38. The van der Waals surface area contributed by atoms with E-state index in [9.17, 15) is 4.39 Å². The van der Waals surface area contributed by atoms with Crippen LogP contribution in [0.15, 0.2) is 24.3 Å². The first-order chi connectivity index (χ1) is 9.76. The molecule has 3 heteroatoms. The lowest BCUT2D eigenvalue weighted by molar-refractivity contribution is 0.000333. The molecule has 0 spiro atoms. The minimum Gasteiger partial charge on any atom is -0.311 e. The SMILES string of the molecule is CC[C@@H]1CN2CC[C@H]1C[C@@H]2CNCc1ccc(F)cc1. The highest BCUT2D eigenvalue weighted by atomic mass is 19.1. The van der Waals surface area contributed by atoms with Gasteiger partial charge in [-0.1, -0.05) is 25.5 Å². The molecular weight excluding hydrogens is 251 g/mol. The summed E-state index contributed by atoms with van der Waals surface area (Å²) in [5, 5.41) is 3.54. The second-order valence-corrected chi connectivity index (χ2v) is 6.36. The predicted molar refractivity (Wildman–Crippen MR) is 80.0 cm³/mol. The molecule has 2 nitrogen and oxygen atoms in total. The van der Waals surface area contributed by atoms with E-state index in [0.717, 1.165) is 30.5 Å².